The molecule has 1 heterocycles. The van der Waals surface area contributed by atoms with Crippen molar-refractivity contribution < 1.29 is 9.84 Å². The van der Waals surface area contributed by atoms with Crippen LogP contribution in [0.4, 0.5) is 0 Å². The van der Waals surface area contributed by atoms with Gasteiger partial charge in [0.25, 0.3) is 0 Å². The van der Waals surface area contributed by atoms with E-state index in [4.69, 9.17) is 4.74 Å². The van der Waals surface area contributed by atoms with Gasteiger partial charge in [0.2, 0.25) is 0 Å². The highest BCUT2D eigenvalue weighted by Crippen LogP contribution is 2.56. The Bertz CT molecular complexity index is 286. The Hall–Kier alpha value is -0.340. The first kappa shape index (κ1) is 8.93. The van der Waals surface area contributed by atoms with Crippen LogP contribution in [-0.2, 0) is 4.74 Å². The van der Waals surface area contributed by atoms with Crippen LogP contribution in [0.3, 0.4) is 0 Å². The standard InChI is InChI=1S/C12H18O2/c1-11-6-3-2-4-10-12(8-11,14-10)9(13)5-7-11/h3,6,9-10,13H,2,4-5,7-8H2,1H3/b6-3-. The zero-order chi connectivity index (χ0) is 9.81. The summed E-state index contributed by atoms with van der Waals surface area (Å²) in [6, 6.07) is 0. The van der Waals surface area contributed by atoms with Crippen LogP contribution in [0.1, 0.15) is 39.0 Å². The monoisotopic (exact) mass is 194 g/mol. The second-order valence-electron chi connectivity index (χ2n) is 5.43. The van der Waals surface area contributed by atoms with Crippen LogP contribution >= 0.6 is 0 Å². The van der Waals surface area contributed by atoms with Crippen LogP contribution in [0.25, 0.3) is 0 Å². The van der Waals surface area contributed by atoms with Gasteiger partial charge in [-0.1, -0.05) is 19.1 Å². The molecule has 2 aliphatic carbocycles. The molecule has 78 valence electrons. The van der Waals surface area contributed by atoms with Gasteiger partial charge in [-0.3, -0.25) is 0 Å². The van der Waals surface area contributed by atoms with E-state index < -0.39 is 0 Å². The normalized spacial score (nSPS) is 58.1. The Labute approximate surface area is 85.0 Å². The van der Waals surface area contributed by atoms with Crippen molar-refractivity contribution in [3.63, 3.8) is 0 Å². The smallest absolute Gasteiger partial charge is 0.121 e. The van der Waals surface area contributed by atoms with Gasteiger partial charge < -0.3 is 9.84 Å². The molecule has 0 radical (unpaired) electrons. The summed E-state index contributed by atoms with van der Waals surface area (Å²) in [6.45, 7) is 2.29. The fourth-order valence-corrected chi connectivity index (χ4v) is 3.29. The van der Waals surface area contributed by atoms with Gasteiger partial charge in [0, 0.05) is 0 Å². The van der Waals surface area contributed by atoms with E-state index in [9.17, 15) is 5.11 Å². The van der Waals surface area contributed by atoms with Crippen LogP contribution < -0.4 is 0 Å². The summed E-state index contributed by atoms with van der Waals surface area (Å²) in [5, 5.41) is 10.0. The van der Waals surface area contributed by atoms with Crippen LogP contribution in [0.15, 0.2) is 12.2 Å². The molecule has 0 amide bonds. The molecule has 4 atom stereocenters. The number of hydrogen-bond acceptors (Lipinski definition) is 2. The first-order chi connectivity index (χ1) is 6.65. The van der Waals surface area contributed by atoms with Crippen molar-refractivity contribution in [1.82, 2.24) is 0 Å². The number of ether oxygens (including phenoxy) is 1. The van der Waals surface area contributed by atoms with Gasteiger partial charge in [0.05, 0.1) is 12.2 Å². The molecule has 14 heavy (non-hydrogen) atoms. The van der Waals surface area contributed by atoms with E-state index in [-0.39, 0.29) is 17.1 Å². The second kappa shape index (κ2) is 2.61. The fraction of sp³-hybridized carbons (Fsp3) is 0.833. The van der Waals surface area contributed by atoms with Crippen molar-refractivity contribution in [2.24, 2.45) is 5.41 Å². The third-order valence-corrected chi connectivity index (χ3v) is 4.20. The largest absolute Gasteiger partial charge is 0.390 e. The predicted molar refractivity (Wildman–Crippen MR) is 53.9 cm³/mol. The Morgan fingerprint density at radius 3 is 3.14 bits per heavy atom. The summed E-state index contributed by atoms with van der Waals surface area (Å²) in [4.78, 5) is 0. The summed E-state index contributed by atoms with van der Waals surface area (Å²) < 4.78 is 5.78. The Kier molecular flexibility index (Phi) is 1.67. The van der Waals surface area contributed by atoms with Crippen molar-refractivity contribution >= 4 is 0 Å². The number of hydrogen-bond donors (Lipinski definition) is 1. The van der Waals surface area contributed by atoms with E-state index in [0.717, 1.165) is 32.1 Å². The second-order valence-corrected chi connectivity index (χ2v) is 5.43. The minimum Gasteiger partial charge on any atom is -0.390 e. The lowest BCUT2D eigenvalue weighted by atomic mass is 9.67. The molecule has 1 aliphatic heterocycles. The molecule has 1 N–H and O–H groups in total. The maximum atomic E-state index is 10.0. The highest BCUT2D eigenvalue weighted by molar-refractivity contribution is 5.18. The number of fused-ring (bicyclic) bond motifs is 1. The number of aliphatic hydroxyl groups excluding tert-OH is 1. The molecule has 0 aromatic carbocycles. The molecular formula is C12H18O2. The summed E-state index contributed by atoms with van der Waals surface area (Å²) in [5.41, 5.74) is 0.117. The van der Waals surface area contributed by atoms with Gasteiger partial charge in [-0.2, -0.15) is 0 Å². The molecule has 1 saturated heterocycles. The molecule has 1 saturated carbocycles. The van der Waals surface area contributed by atoms with Gasteiger partial charge in [0.1, 0.15) is 5.60 Å². The zero-order valence-corrected chi connectivity index (χ0v) is 8.70. The van der Waals surface area contributed by atoms with Gasteiger partial charge in [-0.05, 0) is 37.5 Å². The highest BCUT2D eigenvalue weighted by atomic mass is 16.6. The van der Waals surface area contributed by atoms with Crippen molar-refractivity contribution in [2.45, 2.75) is 56.8 Å². The third kappa shape index (κ3) is 1.10. The Morgan fingerprint density at radius 2 is 2.29 bits per heavy atom. The zero-order valence-electron chi connectivity index (χ0n) is 8.70. The molecule has 2 heteroatoms. The topological polar surface area (TPSA) is 32.8 Å². The Morgan fingerprint density at radius 1 is 1.43 bits per heavy atom. The van der Waals surface area contributed by atoms with E-state index >= 15 is 0 Å². The molecule has 2 nitrogen and oxygen atoms in total. The SMILES string of the molecule is CC12/C=C\CCC3OC3(C1)C(O)CC2. The third-order valence-electron chi connectivity index (χ3n) is 4.20. The number of aliphatic hydroxyl groups is 1. The van der Waals surface area contributed by atoms with Gasteiger partial charge in [-0.25, -0.2) is 0 Å². The molecular weight excluding hydrogens is 176 g/mol. The summed E-state index contributed by atoms with van der Waals surface area (Å²) in [7, 11) is 0. The summed E-state index contributed by atoms with van der Waals surface area (Å²) >= 11 is 0. The van der Waals surface area contributed by atoms with Crippen molar-refractivity contribution in [2.75, 3.05) is 0 Å². The first-order valence-electron chi connectivity index (χ1n) is 5.68. The van der Waals surface area contributed by atoms with E-state index in [1.54, 1.807) is 0 Å². The average molecular weight is 194 g/mol. The maximum Gasteiger partial charge on any atom is 0.121 e. The minimum atomic E-state index is -0.216. The van der Waals surface area contributed by atoms with Gasteiger partial charge >= 0.3 is 0 Å². The summed E-state index contributed by atoms with van der Waals surface area (Å²) in [5.74, 6) is 0. The number of allylic oxidation sites excluding steroid dienone is 2. The fourth-order valence-electron chi connectivity index (χ4n) is 3.29. The van der Waals surface area contributed by atoms with Crippen molar-refractivity contribution in [3.8, 4) is 0 Å². The lowest BCUT2D eigenvalue weighted by Gasteiger charge is -2.38. The number of epoxide rings is 1. The quantitative estimate of drug-likeness (QED) is 0.472. The van der Waals surface area contributed by atoms with Gasteiger partial charge in [0.15, 0.2) is 0 Å². The first-order valence-corrected chi connectivity index (χ1v) is 5.68. The molecule has 2 fully saturated rings. The van der Waals surface area contributed by atoms with E-state index in [1.165, 1.54) is 0 Å². The lowest BCUT2D eigenvalue weighted by Crippen LogP contribution is -2.43. The van der Waals surface area contributed by atoms with Crippen LogP contribution in [0.5, 0.6) is 0 Å². The lowest BCUT2D eigenvalue weighted by molar-refractivity contribution is 0.00609. The molecule has 0 aromatic heterocycles. The molecule has 1 spiro atoms. The van der Waals surface area contributed by atoms with Crippen LogP contribution in [0, 0.1) is 5.41 Å². The van der Waals surface area contributed by atoms with Crippen molar-refractivity contribution in [3.05, 3.63) is 12.2 Å². The molecule has 3 rings (SSSR count). The molecule has 3 aliphatic rings. The number of rotatable bonds is 0. The average Bonchev–Trinajstić information content (AvgIpc) is 2.79. The van der Waals surface area contributed by atoms with E-state index in [1.807, 2.05) is 0 Å². The molecule has 0 aromatic rings. The highest BCUT2D eigenvalue weighted by Gasteiger charge is 2.64. The minimum absolute atomic E-state index is 0.155. The molecule has 2 bridgehead atoms. The van der Waals surface area contributed by atoms with Crippen LogP contribution in [0.2, 0.25) is 0 Å². The van der Waals surface area contributed by atoms with Gasteiger partial charge in [-0.15, -0.1) is 0 Å². The maximum absolute atomic E-state index is 10.0. The van der Waals surface area contributed by atoms with Crippen LogP contribution in [-0.4, -0.2) is 22.9 Å². The summed E-state index contributed by atoms with van der Waals surface area (Å²) in [6.07, 6.45) is 9.97. The van der Waals surface area contributed by atoms with E-state index in [2.05, 4.69) is 19.1 Å². The Balaban J connectivity index is 1.94. The van der Waals surface area contributed by atoms with E-state index in [0.29, 0.717) is 6.10 Å². The predicted octanol–water partition coefficient (Wildman–Crippen LogP) is 2.03. The van der Waals surface area contributed by atoms with Crippen molar-refractivity contribution in [1.29, 1.82) is 0 Å². The molecule has 4 unspecified atom stereocenters.